The zero-order valence-corrected chi connectivity index (χ0v) is 12.3. The Balaban J connectivity index is 1.84. The van der Waals surface area contributed by atoms with E-state index in [9.17, 15) is 9.59 Å². The number of nitrogens with one attached hydrogen (secondary N) is 1. The van der Waals surface area contributed by atoms with Gasteiger partial charge >= 0.3 is 10.9 Å². The fourth-order valence-electron chi connectivity index (χ4n) is 2.24. The summed E-state index contributed by atoms with van der Waals surface area (Å²) in [6, 6.07) is 14.8. The Hall–Kier alpha value is -2.40. The van der Waals surface area contributed by atoms with Gasteiger partial charge in [0.1, 0.15) is 0 Å². The van der Waals surface area contributed by atoms with Crippen molar-refractivity contribution in [3.63, 3.8) is 0 Å². The second-order valence-corrected chi connectivity index (χ2v) is 5.81. The third-order valence-electron chi connectivity index (χ3n) is 3.22. The third-order valence-corrected chi connectivity index (χ3v) is 4.14. The molecule has 2 aromatic carbocycles. The van der Waals surface area contributed by atoms with Crippen LogP contribution in [0.2, 0.25) is 0 Å². The summed E-state index contributed by atoms with van der Waals surface area (Å²) >= 11 is 1.08. The van der Waals surface area contributed by atoms with E-state index in [1.807, 2.05) is 49.4 Å². The van der Waals surface area contributed by atoms with Crippen molar-refractivity contribution in [3.8, 4) is 0 Å². The van der Waals surface area contributed by atoms with Gasteiger partial charge in [-0.05, 0) is 24.6 Å². The van der Waals surface area contributed by atoms with Crippen LogP contribution in [0.5, 0.6) is 0 Å². The van der Waals surface area contributed by atoms with Crippen molar-refractivity contribution >= 4 is 27.6 Å². The van der Waals surface area contributed by atoms with Gasteiger partial charge < -0.3 is 5.32 Å². The lowest BCUT2D eigenvalue weighted by molar-refractivity contribution is 0.242. The van der Waals surface area contributed by atoms with Crippen molar-refractivity contribution in [2.24, 2.45) is 0 Å². The van der Waals surface area contributed by atoms with Crippen LogP contribution in [0.4, 0.5) is 4.79 Å². The normalized spacial score (nSPS) is 10.7. The minimum Gasteiger partial charge on any atom is -0.333 e. The van der Waals surface area contributed by atoms with E-state index >= 15 is 0 Å². The van der Waals surface area contributed by atoms with Crippen LogP contribution >= 0.6 is 11.3 Å². The minimum atomic E-state index is -0.390. The van der Waals surface area contributed by atoms with Crippen molar-refractivity contribution in [1.82, 2.24) is 9.88 Å². The number of amides is 1. The van der Waals surface area contributed by atoms with Gasteiger partial charge in [0.2, 0.25) is 0 Å². The average Bonchev–Trinajstić information content (AvgIpc) is 2.81. The lowest BCUT2D eigenvalue weighted by atomic mass is 10.1. The highest BCUT2D eigenvalue weighted by molar-refractivity contribution is 7.16. The highest BCUT2D eigenvalue weighted by Gasteiger charge is 2.13. The van der Waals surface area contributed by atoms with E-state index < -0.39 is 0 Å². The predicted octanol–water partition coefficient (Wildman–Crippen LogP) is 3.13. The summed E-state index contributed by atoms with van der Waals surface area (Å²) in [4.78, 5) is 24.0. The maximum Gasteiger partial charge on any atom is 0.329 e. The van der Waals surface area contributed by atoms with Crippen molar-refractivity contribution in [3.05, 3.63) is 69.3 Å². The topological polar surface area (TPSA) is 51.1 Å². The Kier molecular flexibility index (Phi) is 3.58. The summed E-state index contributed by atoms with van der Waals surface area (Å²) in [5, 5.41) is 2.79. The molecular formula is C16H14N2O2S. The van der Waals surface area contributed by atoms with E-state index in [2.05, 4.69) is 5.32 Å². The number of hydrogen-bond acceptors (Lipinski definition) is 3. The summed E-state index contributed by atoms with van der Waals surface area (Å²) in [6.07, 6.45) is 0. The number of aromatic nitrogens is 1. The number of hydrogen-bond donors (Lipinski definition) is 1. The molecule has 0 saturated carbocycles. The van der Waals surface area contributed by atoms with Crippen LogP contribution in [0.3, 0.4) is 0 Å². The molecule has 0 saturated heterocycles. The summed E-state index contributed by atoms with van der Waals surface area (Å²) in [5.41, 5.74) is 2.80. The number of carbonyl (C=O) groups is 1. The zero-order chi connectivity index (χ0) is 14.8. The molecule has 4 nitrogen and oxygen atoms in total. The van der Waals surface area contributed by atoms with Gasteiger partial charge in [0, 0.05) is 6.54 Å². The molecule has 0 aliphatic rings. The largest absolute Gasteiger partial charge is 0.333 e. The molecule has 3 rings (SSSR count). The first-order valence-corrected chi connectivity index (χ1v) is 7.41. The fraction of sp³-hybridized carbons (Fsp3) is 0.125. The molecule has 1 aromatic heterocycles. The highest BCUT2D eigenvalue weighted by Crippen LogP contribution is 2.16. The van der Waals surface area contributed by atoms with Gasteiger partial charge in [-0.3, -0.25) is 4.79 Å². The van der Waals surface area contributed by atoms with Crippen molar-refractivity contribution in [2.75, 3.05) is 0 Å². The van der Waals surface area contributed by atoms with E-state index in [1.165, 1.54) is 4.57 Å². The number of aryl methyl sites for hydroxylation is 1. The van der Waals surface area contributed by atoms with E-state index in [0.29, 0.717) is 12.1 Å². The van der Waals surface area contributed by atoms with E-state index in [-0.39, 0.29) is 10.9 Å². The molecule has 0 spiro atoms. The zero-order valence-electron chi connectivity index (χ0n) is 11.5. The van der Waals surface area contributed by atoms with Crippen LogP contribution in [0.1, 0.15) is 11.1 Å². The molecule has 0 radical (unpaired) electrons. The third kappa shape index (κ3) is 2.73. The fourth-order valence-corrected chi connectivity index (χ4v) is 3.11. The first-order chi connectivity index (χ1) is 10.1. The van der Waals surface area contributed by atoms with Crippen LogP contribution in [0, 0.1) is 6.92 Å². The van der Waals surface area contributed by atoms with Gasteiger partial charge in [0.15, 0.2) is 0 Å². The lowest BCUT2D eigenvalue weighted by Crippen LogP contribution is -2.33. The molecule has 5 heteroatoms. The molecule has 0 unspecified atom stereocenters. The monoisotopic (exact) mass is 298 g/mol. The number of rotatable bonds is 2. The average molecular weight is 298 g/mol. The maximum absolute atomic E-state index is 12.3. The van der Waals surface area contributed by atoms with Gasteiger partial charge in [-0.25, -0.2) is 9.36 Å². The molecule has 21 heavy (non-hydrogen) atoms. The quantitative estimate of drug-likeness (QED) is 0.790. The first-order valence-electron chi connectivity index (χ1n) is 6.59. The Morgan fingerprint density at radius 1 is 1.19 bits per heavy atom. The number of nitrogens with zero attached hydrogens (tertiary/aromatic N) is 1. The molecule has 1 heterocycles. The lowest BCUT2D eigenvalue weighted by Gasteiger charge is -2.06. The smallest absolute Gasteiger partial charge is 0.329 e. The number of thiazole rings is 1. The molecular weight excluding hydrogens is 284 g/mol. The van der Waals surface area contributed by atoms with Crippen molar-refractivity contribution in [1.29, 1.82) is 0 Å². The number of para-hydroxylation sites is 1. The molecule has 0 aliphatic carbocycles. The summed E-state index contributed by atoms with van der Waals surface area (Å²) in [5.74, 6) is 0. The molecule has 1 N–H and O–H groups in total. The molecule has 3 aromatic rings. The van der Waals surface area contributed by atoms with E-state index in [0.717, 1.165) is 27.2 Å². The van der Waals surface area contributed by atoms with Gasteiger partial charge in [0.25, 0.3) is 0 Å². The Morgan fingerprint density at radius 3 is 2.81 bits per heavy atom. The van der Waals surface area contributed by atoms with Crippen molar-refractivity contribution < 1.29 is 4.79 Å². The highest BCUT2D eigenvalue weighted by atomic mass is 32.1. The second-order valence-electron chi connectivity index (χ2n) is 4.82. The van der Waals surface area contributed by atoms with E-state index in [4.69, 9.17) is 0 Å². The van der Waals surface area contributed by atoms with Crippen molar-refractivity contribution in [2.45, 2.75) is 13.5 Å². The second kappa shape index (κ2) is 5.54. The van der Waals surface area contributed by atoms with Gasteiger partial charge in [-0.15, -0.1) is 0 Å². The molecule has 0 aliphatic heterocycles. The standard InChI is InChI=1S/C16H14N2O2S/c1-11-5-4-6-12(9-11)10-17-15(19)18-13-7-2-3-8-14(13)21-16(18)20/h2-9H,10H2,1H3,(H,17,19). The van der Waals surface area contributed by atoms with E-state index in [1.54, 1.807) is 6.07 Å². The van der Waals surface area contributed by atoms with Crippen LogP contribution < -0.4 is 10.2 Å². The number of benzene rings is 2. The molecule has 106 valence electrons. The van der Waals surface area contributed by atoms with Crippen LogP contribution in [-0.2, 0) is 6.54 Å². The van der Waals surface area contributed by atoms with Gasteiger partial charge in [-0.1, -0.05) is 53.3 Å². The van der Waals surface area contributed by atoms with Crippen LogP contribution in [0.25, 0.3) is 10.2 Å². The molecule has 0 fully saturated rings. The minimum absolute atomic E-state index is 0.266. The molecule has 1 amide bonds. The Morgan fingerprint density at radius 2 is 2.00 bits per heavy atom. The Labute approximate surface area is 125 Å². The number of fused-ring (bicyclic) bond motifs is 1. The first kappa shape index (κ1) is 13.6. The summed E-state index contributed by atoms with van der Waals surface area (Å²) < 4.78 is 2.00. The Bertz CT molecular complexity index is 864. The summed E-state index contributed by atoms with van der Waals surface area (Å²) in [7, 11) is 0. The number of carbonyl (C=O) groups excluding carboxylic acids is 1. The van der Waals surface area contributed by atoms with Crippen LogP contribution in [-0.4, -0.2) is 10.6 Å². The van der Waals surface area contributed by atoms with Crippen LogP contribution in [0.15, 0.2) is 53.3 Å². The SMILES string of the molecule is Cc1cccc(CNC(=O)n2c(=O)sc3ccccc32)c1. The van der Waals surface area contributed by atoms with Gasteiger partial charge in [-0.2, -0.15) is 0 Å². The molecule has 0 bridgehead atoms. The predicted molar refractivity (Wildman–Crippen MR) is 84.9 cm³/mol. The van der Waals surface area contributed by atoms with Gasteiger partial charge in [0.05, 0.1) is 10.2 Å². The molecule has 0 atom stereocenters. The maximum atomic E-state index is 12.3. The summed E-state index contributed by atoms with van der Waals surface area (Å²) in [6.45, 7) is 2.40.